The van der Waals surface area contributed by atoms with Crippen molar-refractivity contribution < 1.29 is 34.6 Å². The molecule has 0 saturated heterocycles. The summed E-state index contributed by atoms with van der Waals surface area (Å²) in [6.07, 6.45) is -7.13. The molecule has 0 rings (SSSR count). The molecule has 0 aliphatic rings. The molecule has 0 saturated carbocycles. The summed E-state index contributed by atoms with van der Waals surface area (Å²) in [6, 6.07) is 0. The van der Waals surface area contributed by atoms with Crippen molar-refractivity contribution >= 4 is 10.1 Å². The zero-order chi connectivity index (χ0) is 12.3. The number of rotatable bonds is 5. The molecule has 15 heavy (non-hydrogen) atoms. The zero-order valence-corrected chi connectivity index (χ0v) is 8.46. The lowest BCUT2D eigenvalue weighted by Gasteiger charge is -2.18. The molecule has 0 radical (unpaired) electrons. The van der Waals surface area contributed by atoms with Crippen LogP contribution < -0.4 is 0 Å². The van der Waals surface area contributed by atoms with E-state index < -0.39 is 41.7 Å². The van der Waals surface area contributed by atoms with Crippen molar-refractivity contribution in [1.82, 2.24) is 0 Å². The summed E-state index contributed by atoms with van der Waals surface area (Å²) in [6.45, 7) is -0.690. The third kappa shape index (κ3) is 5.88. The van der Waals surface area contributed by atoms with Gasteiger partial charge in [-0.3, -0.25) is 4.18 Å². The molecule has 0 unspecified atom stereocenters. The number of halogens is 5. The van der Waals surface area contributed by atoms with Crippen LogP contribution in [-0.4, -0.2) is 33.4 Å². The average Bonchev–Trinajstić information content (AvgIpc) is 1.94. The quantitative estimate of drug-likeness (QED) is 0.429. The molecule has 0 N–H and O–H groups in total. The maximum absolute atomic E-state index is 12.2. The van der Waals surface area contributed by atoms with E-state index in [2.05, 4.69) is 4.18 Å². The second kappa shape index (κ2) is 4.60. The first kappa shape index (κ1) is 14.6. The molecule has 0 aliphatic heterocycles. The van der Waals surface area contributed by atoms with Crippen LogP contribution in [0.2, 0.25) is 0 Å². The van der Waals surface area contributed by atoms with Gasteiger partial charge in [-0.2, -0.15) is 30.4 Å². The largest absolute Gasteiger partial charge is 0.453 e. The Morgan fingerprint density at radius 3 is 1.93 bits per heavy atom. The van der Waals surface area contributed by atoms with Crippen LogP contribution in [0.15, 0.2) is 0 Å². The van der Waals surface area contributed by atoms with Crippen LogP contribution in [0, 0.1) is 0 Å². The maximum atomic E-state index is 12.2. The van der Waals surface area contributed by atoms with Crippen molar-refractivity contribution in [2.75, 3.05) is 12.9 Å². The lowest BCUT2D eigenvalue weighted by atomic mass is 10.2. The topological polar surface area (TPSA) is 43.4 Å². The fourth-order valence-electron chi connectivity index (χ4n) is 0.646. The van der Waals surface area contributed by atoms with E-state index in [1.54, 1.807) is 0 Å². The van der Waals surface area contributed by atoms with Gasteiger partial charge in [0.2, 0.25) is 0 Å². The minimum absolute atomic E-state index is 0.675. The highest BCUT2D eigenvalue weighted by molar-refractivity contribution is 7.85. The monoisotopic (exact) mass is 256 g/mol. The SMILES string of the molecule is CS(=O)(=O)OCCCC(F)(F)C(F)(F)F. The standard InChI is InChI=1S/C6H9F5O3S/c1-15(12,13)14-4-2-3-5(7,8)6(9,10)11/h2-4H2,1H3. The van der Waals surface area contributed by atoms with Crippen LogP contribution in [0.1, 0.15) is 12.8 Å². The second-order valence-electron chi connectivity index (χ2n) is 2.83. The fraction of sp³-hybridized carbons (Fsp3) is 1.00. The first-order chi connectivity index (χ1) is 6.46. The van der Waals surface area contributed by atoms with Gasteiger partial charge in [0.1, 0.15) is 0 Å². The number of alkyl halides is 5. The third-order valence-corrected chi connectivity index (χ3v) is 1.94. The van der Waals surface area contributed by atoms with Crippen molar-refractivity contribution in [1.29, 1.82) is 0 Å². The summed E-state index contributed by atoms with van der Waals surface area (Å²) < 4.78 is 83.8. The molecule has 0 aromatic rings. The van der Waals surface area contributed by atoms with Gasteiger partial charge in [-0.05, 0) is 6.42 Å². The Balaban J connectivity index is 3.98. The summed E-state index contributed by atoms with van der Waals surface area (Å²) in [7, 11) is -3.80. The van der Waals surface area contributed by atoms with Gasteiger partial charge in [0.25, 0.3) is 10.1 Å². The predicted molar refractivity (Wildman–Crippen MR) is 41.0 cm³/mol. The minimum Gasteiger partial charge on any atom is -0.270 e. The molecular weight excluding hydrogens is 247 g/mol. The average molecular weight is 256 g/mol. The van der Waals surface area contributed by atoms with Gasteiger partial charge in [0.15, 0.2) is 0 Å². The summed E-state index contributed by atoms with van der Waals surface area (Å²) in [5.74, 6) is -4.81. The van der Waals surface area contributed by atoms with Crippen molar-refractivity contribution in [2.24, 2.45) is 0 Å². The van der Waals surface area contributed by atoms with Crippen molar-refractivity contribution in [3.63, 3.8) is 0 Å². The minimum atomic E-state index is -5.61. The van der Waals surface area contributed by atoms with Crippen LogP contribution in [-0.2, 0) is 14.3 Å². The Labute approximate surface area is 83.3 Å². The van der Waals surface area contributed by atoms with Crippen molar-refractivity contribution in [2.45, 2.75) is 24.9 Å². The molecule has 0 fully saturated rings. The molecule has 0 aliphatic carbocycles. The molecule has 92 valence electrons. The van der Waals surface area contributed by atoms with Gasteiger partial charge in [0.05, 0.1) is 12.9 Å². The maximum Gasteiger partial charge on any atom is 0.453 e. The molecule has 0 bridgehead atoms. The molecule has 0 heterocycles. The van der Waals surface area contributed by atoms with Gasteiger partial charge < -0.3 is 0 Å². The van der Waals surface area contributed by atoms with Crippen LogP contribution in [0.3, 0.4) is 0 Å². The van der Waals surface area contributed by atoms with Crippen molar-refractivity contribution in [3.8, 4) is 0 Å². The van der Waals surface area contributed by atoms with Gasteiger partial charge in [-0.25, -0.2) is 0 Å². The summed E-state index contributed by atoms with van der Waals surface area (Å²) >= 11 is 0. The molecule has 0 spiro atoms. The molecule has 0 aromatic heterocycles. The Kier molecular flexibility index (Phi) is 4.47. The van der Waals surface area contributed by atoms with E-state index in [1.807, 2.05) is 0 Å². The zero-order valence-electron chi connectivity index (χ0n) is 7.64. The highest BCUT2D eigenvalue weighted by Crippen LogP contribution is 2.38. The molecule has 9 heteroatoms. The van der Waals surface area contributed by atoms with Crippen LogP contribution in [0.4, 0.5) is 22.0 Å². The molecule has 0 amide bonds. The second-order valence-corrected chi connectivity index (χ2v) is 4.48. The smallest absolute Gasteiger partial charge is 0.270 e. The van der Waals surface area contributed by atoms with E-state index in [-0.39, 0.29) is 0 Å². The number of hydrogen-bond donors (Lipinski definition) is 0. The fourth-order valence-corrected chi connectivity index (χ4v) is 1.07. The Morgan fingerprint density at radius 1 is 1.13 bits per heavy atom. The Morgan fingerprint density at radius 2 is 1.60 bits per heavy atom. The summed E-state index contributed by atoms with van der Waals surface area (Å²) in [5.41, 5.74) is 0. The lowest BCUT2D eigenvalue weighted by Crippen LogP contribution is -2.36. The van der Waals surface area contributed by atoms with E-state index in [4.69, 9.17) is 0 Å². The van der Waals surface area contributed by atoms with Gasteiger partial charge in [-0.15, -0.1) is 0 Å². The number of hydrogen-bond acceptors (Lipinski definition) is 3. The van der Waals surface area contributed by atoms with E-state index in [1.165, 1.54) is 0 Å². The van der Waals surface area contributed by atoms with Crippen LogP contribution >= 0.6 is 0 Å². The van der Waals surface area contributed by atoms with E-state index in [9.17, 15) is 30.4 Å². The Hall–Kier alpha value is -0.440. The first-order valence-corrected chi connectivity index (χ1v) is 5.56. The predicted octanol–water partition coefficient (Wildman–Crippen LogP) is 1.94. The highest BCUT2D eigenvalue weighted by Gasteiger charge is 2.56. The van der Waals surface area contributed by atoms with Crippen LogP contribution in [0.25, 0.3) is 0 Å². The molecule has 0 atom stereocenters. The van der Waals surface area contributed by atoms with Gasteiger partial charge in [0, 0.05) is 6.42 Å². The normalized spacial score (nSPS) is 14.3. The molecule has 0 aromatic carbocycles. The van der Waals surface area contributed by atoms with Gasteiger partial charge in [-0.1, -0.05) is 0 Å². The van der Waals surface area contributed by atoms with E-state index >= 15 is 0 Å². The highest BCUT2D eigenvalue weighted by atomic mass is 32.2. The lowest BCUT2D eigenvalue weighted by molar-refractivity contribution is -0.284. The third-order valence-electron chi connectivity index (χ3n) is 1.35. The van der Waals surface area contributed by atoms with Gasteiger partial charge >= 0.3 is 12.1 Å². The first-order valence-electron chi connectivity index (χ1n) is 3.75. The van der Waals surface area contributed by atoms with Crippen molar-refractivity contribution in [3.05, 3.63) is 0 Å². The molecular formula is C6H9F5O3S. The van der Waals surface area contributed by atoms with E-state index in [0.29, 0.717) is 6.26 Å². The van der Waals surface area contributed by atoms with Crippen LogP contribution in [0.5, 0.6) is 0 Å². The Bertz CT molecular complexity index is 294. The van der Waals surface area contributed by atoms with E-state index in [0.717, 1.165) is 0 Å². The summed E-state index contributed by atoms with van der Waals surface area (Å²) in [4.78, 5) is 0. The summed E-state index contributed by atoms with van der Waals surface area (Å²) in [5, 5.41) is 0. The molecule has 3 nitrogen and oxygen atoms in total.